The molecule has 1 aromatic carbocycles. The van der Waals surface area contributed by atoms with Gasteiger partial charge in [-0.2, -0.15) is 0 Å². The molecule has 1 unspecified atom stereocenters. The number of benzene rings is 1. The van der Waals surface area contributed by atoms with E-state index < -0.39 is 12.0 Å². The first-order chi connectivity index (χ1) is 8.18. The number of carboxylic acids is 1. The van der Waals surface area contributed by atoms with Crippen molar-refractivity contribution < 1.29 is 9.90 Å². The molecule has 1 aromatic rings. The zero-order chi connectivity index (χ0) is 12.3. The van der Waals surface area contributed by atoms with Crippen molar-refractivity contribution in [2.24, 2.45) is 0 Å². The first-order valence-electron chi connectivity index (χ1n) is 6.02. The van der Waals surface area contributed by atoms with E-state index in [2.05, 4.69) is 10.2 Å². The molecule has 92 valence electrons. The fourth-order valence-corrected chi connectivity index (χ4v) is 2.12. The molecule has 17 heavy (non-hydrogen) atoms. The van der Waals surface area contributed by atoms with Crippen LogP contribution in [0.5, 0.6) is 0 Å². The summed E-state index contributed by atoms with van der Waals surface area (Å²) >= 11 is 0. The molecule has 2 N–H and O–H groups in total. The molecule has 0 amide bonds. The SMILES string of the molecule is CC(Nc1ccccc1N1CCCC1)C(=O)O. The average Bonchev–Trinajstić information content (AvgIpc) is 2.83. The Morgan fingerprint density at radius 2 is 2.00 bits per heavy atom. The second-order valence-electron chi connectivity index (χ2n) is 4.42. The molecular weight excluding hydrogens is 216 g/mol. The maximum absolute atomic E-state index is 10.9. The predicted octanol–water partition coefficient (Wildman–Crippen LogP) is 2.17. The van der Waals surface area contributed by atoms with E-state index in [9.17, 15) is 4.79 Å². The van der Waals surface area contributed by atoms with Crippen molar-refractivity contribution in [3.63, 3.8) is 0 Å². The highest BCUT2D eigenvalue weighted by Gasteiger charge is 2.17. The van der Waals surface area contributed by atoms with Gasteiger partial charge in [-0.15, -0.1) is 0 Å². The number of para-hydroxylation sites is 2. The number of carboxylic acid groups (broad SMARTS) is 1. The first-order valence-corrected chi connectivity index (χ1v) is 6.02. The number of rotatable bonds is 4. The van der Waals surface area contributed by atoms with Crippen molar-refractivity contribution in [3.8, 4) is 0 Å². The summed E-state index contributed by atoms with van der Waals surface area (Å²) in [5.41, 5.74) is 2.02. The second kappa shape index (κ2) is 5.08. The summed E-state index contributed by atoms with van der Waals surface area (Å²) < 4.78 is 0. The van der Waals surface area contributed by atoms with Gasteiger partial charge in [0.05, 0.1) is 11.4 Å². The maximum atomic E-state index is 10.9. The van der Waals surface area contributed by atoms with E-state index in [-0.39, 0.29) is 0 Å². The van der Waals surface area contributed by atoms with Gasteiger partial charge in [0.1, 0.15) is 6.04 Å². The van der Waals surface area contributed by atoms with Crippen molar-refractivity contribution in [2.45, 2.75) is 25.8 Å². The summed E-state index contributed by atoms with van der Waals surface area (Å²) in [6.07, 6.45) is 2.42. The molecule has 4 nitrogen and oxygen atoms in total. The van der Waals surface area contributed by atoms with Gasteiger partial charge in [-0.3, -0.25) is 4.79 Å². The number of aliphatic carboxylic acids is 1. The fraction of sp³-hybridized carbons (Fsp3) is 0.462. The van der Waals surface area contributed by atoms with Crippen molar-refractivity contribution in [1.82, 2.24) is 0 Å². The minimum absolute atomic E-state index is 0.571. The van der Waals surface area contributed by atoms with Gasteiger partial charge < -0.3 is 15.3 Å². The van der Waals surface area contributed by atoms with E-state index in [4.69, 9.17) is 5.11 Å². The maximum Gasteiger partial charge on any atom is 0.325 e. The highest BCUT2D eigenvalue weighted by Crippen LogP contribution is 2.28. The Morgan fingerprint density at radius 1 is 1.35 bits per heavy atom. The molecular formula is C13H18N2O2. The summed E-state index contributed by atoms with van der Waals surface area (Å²) in [6, 6.07) is 7.33. The molecule has 1 fully saturated rings. The number of carbonyl (C=O) groups is 1. The smallest absolute Gasteiger partial charge is 0.325 e. The Balaban J connectivity index is 2.18. The molecule has 0 aromatic heterocycles. The second-order valence-corrected chi connectivity index (χ2v) is 4.42. The van der Waals surface area contributed by atoms with Crippen molar-refractivity contribution in [3.05, 3.63) is 24.3 Å². The lowest BCUT2D eigenvalue weighted by Crippen LogP contribution is -2.27. The van der Waals surface area contributed by atoms with Crippen LogP contribution in [0.15, 0.2) is 24.3 Å². The molecule has 1 aliphatic heterocycles. The van der Waals surface area contributed by atoms with Gasteiger partial charge in [-0.05, 0) is 31.9 Å². The topological polar surface area (TPSA) is 52.6 Å². The Bertz CT molecular complexity index is 400. The van der Waals surface area contributed by atoms with Crippen LogP contribution in [-0.2, 0) is 4.79 Å². The van der Waals surface area contributed by atoms with E-state index in [1.54, 1.807) is 6.92 Å². The number of nitrogens with one attached hydrogen (secondary N) is 1. The third-order valence-electron chi connectivity index (χ3n) is 3.09. The third kappa shape index (κ3) is 2.70. The summed E-state index contributed by atoms with van der Waals surface area (Å²) in [5, 5.41) is 12.0. The molecule has 1 aliphatic rings. The Labute approximate surface area is 101 Å². The Hall–Kier alpha value is -1.71. The van der Waals surface area contributed by atoms with Gasteiger partial charge >= 0.3 is 5.97 Å². The van der Waals surface area contributed by atoms with E-state index in [1.165, 1.54) is 12.8 Å². The summed E-state index contributed by atoms with van der Waals surface area (Å²) in [6.45, 7) is 3.77. The fourth-order valence-electron chi connectivity index (χ4n) is 2.12. The number of anilines is 2. The molecule has 4 heteroatoms. The van der Waals surface area contributed by atoms with Crippen LogP contribution in [0.2, 0.25) is 0 Å². The van der Waals surface area contributed by atoms with Crippen LogP contribution in [0.25, 0.3) is 0 Å². The lowest BCUT2D eigenvalue weighted by Gasteiger charge is -2.23. The predicted molar refractivity (Wildman–Crippen MR) is 68.6 cm³/mol. The van der Waals surface area contributed by atoms with Crippen LogP contribution in [0, 0.1) is 0 Å². The van der Waals surface area contributed by atoms with Crippen LogP contribution in [-0.4, -0.2) is 30.2 Å². The molecule has 1 saturated heterocycles. The van der Waals surface area contributed by atoms with Gasteiger partial charge in [0.25, 0.3) is 0 Å². The number of nitrogens with zero attached hydrogens (tertiary/aromatic N) is 1. The number of hydrogen-bond acceptors (Lipinski definition) is 3. The largest absolute Gasteiger partial charge is 0.480 e. The van der Waals surface area contributed by atoms with Crippen molar-refractivity contribution in [1.29, 1.82) is 0 Å². The minimum Gasteiger partial charge on any atom is -0.480 e. The van der Waals surface area contributed by atoms with Gasteiger partial charge in [0, 0.05) is 13.1 Å². The first kappa shape index (κ1) is 11.8. The molecule has 0 spiro atoms. The Kier molecular flexibility index (Phi) is 3.52. The van der Waals surface area contributed by atoms with Gasteiger partial charge in [-0.1, -0.05) is 12.1 Å². The zero-order valence-corrected chi connectivity index (χ0v) is 10.0. The van der Waals surface area contributed by atoms with E-state index in [1.807, 2.05) is 24.3 Å². The van der Waals surface area contributed by atoms with E-state index >= 15 is 0 Å². The van der Waals surface area contributed by atoms with Crippen LogP contribution in [0.1, 0.15) is 19.8 Å². The molecule has 0 aliphatic carbocycles. The lowest BCUT2D eigenvalue weighted by molar-refractivity contribution is -0.137. The Morgan fingerprint density at radius 3 is 2.65 bits per heavy atom. The van der Waals surface area contributed by atoms with Crippen LogP contribution in [0.3, 0.4) is 0 Å². The summed E-state index contributed by atoms with van der Waals surface area (Å²) in [5.74, 6) is -0.832. The quantitative estimate of drug-likeness (QED) is 0.838. The summed E-state index contributed by atoms with van der Waals surface area (Å²) in [7, 11) is 0. The minimum atomic E-state index is -0.832. The van der Waals surface area contributed by atoms with Crippen LogP contribution < -0.4 is 10.2 Å². The van der Waals surface area contributed by atoms with Gasteiger partial charge in [-0.25, -0.2) is 0 Å². The van der Waals surface area contributed by atoms with Crippen molar-refractivity contribution in [2.75, 3.05) is 23.3 Å². The molecule has 0 bridgehead atoms. The molecule has 1 heterocycles. The van der Waals surface area contributed by atoms with Gasteiger partial charge in [0.15, 0.2) is 0 Å². The normalized spacial score (nSPS) is 16.9. The number of hydrogen-bond donors (Lipinski definition) is 2. The third-order valence-corrected chi connectivity index (χ3v) is 3.09. The van der Waals surface area contributed by atoms with Crippen molar-refractivity contribution >= 4 is 17.3 Å². The van der Waals surface area contributed by atoms with E-state index in [0.717, 1.165) is 24.5 Å². The lowest BCUT2D eigenvalue weighted by atomic mass is 10.2. The molecule has 0 radical (unpaired) electrons. The standard InChI is InChI=1S/C13H18N2O2/c1-10(13(16)17)14-11-6-2-3-7-12(11)15-8-4-5-9-15/h2-3,6-7,10,14H,4-5,8-9H2,1H3,(H,16,17). The highest BCUT2D eigenvalue weighted by atomic mass is 16.4. The van der Waals surface area contributed by atoms with Gasteiger partial charge in [0.2, 0.25) is 0 Å². The summed E-state index contributed by atoms with van der Waals surface area (Å²) in [4.78, 5) is 13.2. The molecule has 0 saturated carbocycles. The zero-order valence-electron chi connectivity index (χ0n) is 10.0. The monoisotopic (exact) mass is 234 g/mol. The molecule has 2 rings (SSSR count). The van der Waals surface area contributed by atoms with Crippen LogP contribution >= 0.6 is 0 Å². The van der Waals surface area contributed by atoms with Crippen LogP contribution in [0.4, 0.5) is 11.4 Å². The molecule has 1 atom stereocenters. The average molecular weight is 234 g/mol. The van der Waals surface area contributed by atoms with E-state index in [0.29, 0.717) is 0 Å². The highest BCUT2D eigenvalue weighted by molar-refractivity contribution is 5.80.